The van der Waals surface area contributed by atoms with Gasteiger partial charge in [0.15, 0.2) is 0 Å². The van der Waals surface area contributed by atoms with Crippen LogP contribution >= 0.6 is 0 Å². The van der Waals surface area contributed by atoms with E-state index in [2.05, 4.69) is 15.5 Å². The maximum absolute atomic E-state index is 13.1. The van der Waals surface area contributed by atoms with Crippen LogP contribution in [0.1, 0.15) is 23.3 Å². The number of para-hydroxylation sites is 1. The highest BCUT2D eigenvalue weighted by Gasteiger charge is 2.26. The minimum Gasteiger partial charge on any atom is -0.496 e. The van der Waals surface area contributed by atoms with E-state index in [-0.39, 0.29) is 17.8 Å². The van der Waals surface area contributed by atoms with Crippen molar-refractivity contribution in [2.24, 2.45) is 0 Å². The molecule has 1 aromatic heterocycles. The number of piperidine rings is 1. The number of amides is 1. The second kappa shape index (κ2) is 8.34. The number of carbonyl (C=O) groups is 1. The number of hydrogen-bond donors (Lipinski definition) is 2. The third-order valence-electron chi connectivity index (χ3n) is 5.11. The van der Waals surface area contributed by atoms with Gasteiger partial charge in [0.2, 0.25) is 0 Å². The fourth-order valence-electron chi connectivity index (χ4n) is 3.66. The lowest BCUT2D eigenvalue weighted by molar-refractivity contribution is 0.0709. The topological polar surface area (TPSA) is 70.2 Å². The summed E-state index contributed by atoms with van der Waals surface area (Å²) in [6.45, 7) is 1.28. The summed E-state index contributed by atoms with van der Waals surface area (Å²) in [6, 6.07) is 15.7. The Morgan fingerprint density at radius 3 is 2.83 bits per heavy atom. The Morgan fingerprint density at radius 2 is 2.03 bits per heavy atom. The third-order valence-corrected chi connectivity index (χ3v) is 5.11. The predicted molar refractivity (Wildman–Crippen MR) is 110 cm³/mol. The van der Waals surface area contributed by atoms with Gasteiger partial charge in [0.1, 0.15) is 17.3 Å². The van der Waals surface area contributed by atoms with Crippen LogP contribution in [0.3, 0.4) is 0 Å². The number of ether oxygens (including phenoxy) is 1. The molecule has 0 bridgehead atoms. The Labute approximate surface area is 168 Å². The molecular formula is C22H23FN4O2. The highest BCUT2D eigenvalue weighted by molar-refractivity contribution is 5.93. The van der Waals surface area contributed by atoms with Crippen LogP contribution in [0.2, 0.25) is 0 Å². The Hall–Kier alpha value is -3.35. The molecule has 6 nitrogen and oxygen atoms in total. The first kappa shape index (κ1) is 19.0. The summed E-state index contributed by atoms with van der Waals surface area (Å²) in [5, 5.41) is 10.6. The molecule has 150 valence electrons. The van der Waals surface area contributed by atoms with Crippen molar-refractivity contribution in [1.82, 2.24) is 15.1 Å². The van der Waals surface area contributed by atoms with Gasteiger partial charge in [0.25, 0.3) is 5.91 Å². The molecule has 4 rings (SSSR count). The summed E-state index contributed by atoms with van der Waals surface area (Å²) >= 11 is 0. The van der Waals surface area contributed by atoms with Crippen molar-refractivity contribution in [2.75, 3.05) is 25.5 Å². The van der Waals surface area contributed by atoms with Gasteiger partial charge in [-0.05, 0) is 55.3 Å². The summed E-state index contributed by atoms with van der Waals surface area (Å²) in [6.07, 6.45) is 1.86. The quantitative estimate of drug-likeness (QED) is 0.688. The third kappa shape index (κ3) is 4.23. The molecule has 1 atom stereocenters. The van der Waals surface area contributed by atoms with E-state index < -0.39 is 0 Å². The lowest BCUT2D eigenvalue weighted by Gasteiger charge is -2.33. The maximum atomic E-state index is 13.1. The number of aromatic amines is 1. The number of anilines is 1. The number of carbonyl (C=O) groups excluding carboxylic acids is 1. The lowest BCUT2D eigenvalue weighted by Crippen LogP contribution is -2.45. The second-order valence-electron chi connectivity index (χ2n) is 7.11. The molecular weight excluding hydrogens is 371 g/mol. The van der Waals surface area contributed by atoms with Crippen LogP contribution < -0.4 is 10.1 Å². The van der Waals surface area contributed by atoms with Crippen molar-refractivity contribution in [2.45, 2.75) is 18.9 Å². The van der Waals surface area contributed by atoms with E-state index in [1.165, 1.54) is 12.1 Å². The molecule has 0 aliphatic carbocycles. The van der Waals surface area contributed by atoms with Crippen molar-refractivity contribution in [3.05, 3.63) is 66.1 Å². The highest BCUT2D eigenvalue weighted by Crippen LogP contribution is 2.28. The summed E-state index contributed by atoms with van der Waals surface area (Å²) in [5.74, 6) is 0.366. The Kier molecular flexibility index (Phi) is 5.46. The van der Waals surface area contributed by atoms with E-state index in [9.17, 15) is 9.18 Å². The van der Waals surface area contributed by atoms with Gasteiger partial charge in [-0.2, -0.15) is 5.10 Å². The van der Waals surface area contributed by atoms with Gasteiger partial charge in [-0.25, -0.2) is 4.39 Å². The van der Waals surface area contributed by atoms with E-state index in [4.69, 9.17) is 4.74 Å². The average Bonchev–Trinajstić information content (AvgIpc) is 3.25. The highest BCUT2D eigenvalue weighted by atomic mass is 19.1. The molecule has 0 spiro atoms. The predicted octanol–water partition coefficient (Wildman–Crippen LogP) is 3.94. The molecule has 1 unspecified atom stereocenters. The minimum absolute atomic E-state index is 0.0794. The van der Waals surface area contributed by atoms with Crippen molar-refractivity contribution >= 4 is 11.6 Å². The van der Waals surface area contributed by atoms with E-state index in [1.54, 1.807) is 25.3 Å². The minimum atomic E-state index is -0.263. The number of halogens is 1. The largest absolute Gasteiger partial charge is 0.496 e. The van der Waals surface area contributed by atoms with Crippen LogP contribution in [0.25, 0.3) is 11.3 Å². The van der Waals surface area contributed by atoms with E-state index in [1.807, 2.05) is 29.2 Å². The van der Waals surface area contributed by atoms with Crippen molar-refractivity contribution in [3.8, 4) is 17.0 Å². The number of rotatable bonds is 5. The first-order chi connectivity index (χ1) is 14.1. The van der Waals surface area contributed by atoms with Gasteiger partial charge in [-0.1, -0.05) is 12.1 Å². The fraction of sp³-hybridized carbons (Fsp3) is 0.273. The van der Waals surface area contributed by atoms with Gasteiger partial charge in [-0.3, -0.25) is 9.89 Å². The molecule has 1 fully saturated rings. The Balaban J connectivity index is 1.45. The number of likely N-dealkylation sites (tertiary alicyclic amines) is 1. The Bertz CT molecular complexity index is 986. The van der Waals surface area contributed by atoms with E-state index >= 15 is 0 Å². The smallest absolute Gasteiger partial charge is 0.271 e. The van der Waals surface area contributed by atoms with Gasteiger partial charge in [-0.15, -0.1) is 0 Å². The van der Waals surface area contributed by atoms with Gasteiger partial charge >= 0.3 is 0 Å². The maximum Gasteiger partial charge on any atom is 0.271 e. The average molecular weight is 394 g/mol. The number of aromatic nitrogens is 2. The van der Waals surface area contributed by atoms with Crippen molar-refractivity contribution in [1.29, 1.82) is 0 Å². The molecule has 0 radical (unpaired) electrons. The summed E-state index contributed by atoms with van der Waals surface area (Å²) < 4.78 is 18.5. The number of methoxy groups -OCH3 is 1. The first-order valence-corrected chi connectivity index (χ1v) is 9.64. The van der Waals surface area contributed by atoms with Gasteiger partial charge < -0.3 is 15.0 Å². The van der Waals surface area contributed by atoms with Crippen molar-refractivity contribution < 1.29 is 13.9 Å². The van der Waals surface area contributed by atoms with Crippen LogP contribution in [0.5, 0.6) is 5.75 Å². The van der Waals surface area contributed by atoms with Gasteiger partial charge in [0, 0.05) is 30.4 Å². The van der Waals surface area contributed by atoms with E-state index in [0.717, 1.165) is 24.1 Å². The summed E-state index contributed by atoms with van der Waals surface area (Å²) in [7, 11) is 1.61. The van der Waals surface area contributed by atoms with Crippen LogP contribution in [-0.2, 0) is 0 Å². The second-order valence-corrected chi connectivity index (χ2v) is 7.11. The van der Waals surface area contributed by atoms with Crippen LogP contribution in [0.4, 0.5) is 10.1 Å². The SMILES string of the molecule is COc1ccccc1-c1cc(C(=O)N2CCCC(Nc3ccc(F)cc3)C2)[nH]n1. The fourth-order valence-corrected chi connectivity index (χ4v) is 3.66. The van der Waals surface area contributed by atoms with Gasteiger partial charge in [0.05, 0.1) is 12.8 Å². The molecule has 2 aromatic carbocycles. The molecule has 0 saturated carbocycles. The zero-order valence-corrected chi connectivity index (χ0v) is 16.2. The monoisotopic (exact) mass is 394 g/mol. The van der Waals surface area contributed by atoms with Crippen LogP contribution in [0, 0.1) is 5.82 Å². The lowest BCUT2D eigenvalue weighted by atomic mass is 10.0. The number of benzene rings is 2. The summed E-state index contributed by atoms with van der Waals surface area (Å²) in [5.41, 5.74) is 2.81. The molecule has 1 aliphatic heterocycles. The number of hydrogen-bond acceptors (Lipinski definition) is 4. The number of H-pyrrole nitrogens is 1. The molecule has 3 aromatic rings. The summed E-state index contributed by atoms with van der Waals surface area (Å²) in [4.78, 5) is 14.8. The molecule has 29 heavy (non-hydrogen) atoms. The molecule has 1 aliphatic rings. The number of nitrogens with zero attached hydrogens (tertiary/aromatic N) is 2. The normalized spacial score (nSPS) is 16.5. The molecule has 1 amide bonds. The van der Waals surface area contributed by atoms with Crippen molar-refractivity contribution in [3.63, 3.8) is 0 Å². The molecule has 2 N–H and O–H groups in total. The molecule has 2 heterocycles. The molecule has 7 heteroatoms. The first-order valence-electron chi connectivity index (χ1n) is 9.64. The molecule has 1 saturated heterocycles. The van der Waals surface area contributed by atoms with E-state index in [0.29, 0.717) is 30.2 Å². The standard InChI is InChI=1S/C22H23FN4O2/c1-29-21-7-3-2-6-18(21)19-13-20(26-25-19)22(28)27-12-4-5-17(14-27)24-16-10-8-15(23)9-11-16/h2-3,6-11,13,17,24H,4-5,12,14H2,1H3,(H,25,26). The zero-order chi connectivity index (χ0) is 20.2. The number of nitrogens with one attached hydrogen (secondary N) is 2. The Morgan fingerprint density at radius 1 is 1.24 bits per heavy atom. The van der Waals surface area contributed by atoms with Crippen LogP contribution in [-0.4, -0.2) is 47.2 Å². The van der Waals surface area contributed by atoms with Crippen LogP contribution in [0.15, 0.2) is 54.6 Å². The zero-order valence-electron chi connectivity index (χ0n) is 16.2.